The first-order chi connectivity index (χ1) is 10.8. The molecule has 114 valence electrons. The highest BCUT2D eigenvalue weighted by Gasteiger charge is 2.09. The molecule has 0 amide bonds. The van der Waals surface area contributed by atoms with Crippen LogP contribution in [0, 0.1) is 0 Å². The highest BCUT2D eigenvalue weighted by atomic mass is 16.5. The van der Waals surface area contributed by atoms with Crippen molar-refractivity contribution >= 4 is 11.0 Å². The third-order valence-electron chi connectivity index (χ3n) is 3.52. The van der Waals surface area contributed by atoms with Crippen molar-refractivity contribution in [3.63, 3.8) is 0 Å². The zero-order valence-corrected chi connectivity index (χ0v) is 12.4. The molecule has 0 spiro atoms. The van der Waals surface area contributed by atoms with Gasteiger partial charge in [0.05, 0.1) is 24.7 Å². The number of benzene rings is 2. The Morgan fingerprint density at radius 1 is 1.05 bits per heavy atom. The van der Waals surface area contributed by atoms with Crippen molar-refractivity contribution in [3.8, 4) is 11.5 Å². The molecule has 2 aromatic carbocycles. The van der Waals surface area contributed by atoms with E-state index in [9.17, 15) is 5.11 Å². The lowest BCUT2D eigenvalue weighted by Gasteiger charge is -2.10. The van der Waals surface area contributed by atoms with Crippen molar-refractivity contribution in [2.75, 3.05) is 13.7 Å². The Kier molecular flexibility index (Phi) is 4.25. The number of methoxy groups -OCH3 is 1. The van der Waals surface area contributed by atoms with E-state index in [4.69, 9.17) is 9.47 Å². The highest BCUT2D eigenvalue weighted by Crippen LogP contribution is 2.18. The number of hydrogen-bond donors (Lipinski definition) is 1. The number of aliphatic hydroxyl groups excluding tert-OH is 1. The smallest absolute Gasteiger partial charge is 0.135 e. The van der Waals surface area contributed by atoms with Gasteiger partial charge in [-0.05, 0) is 36.4 Å². The summed E-state index contributed by atoms with van der Waals surface area (Å²) in [7, 11) is 1.64. The first-order valence-corrected chi connectivity index (χ1v) is 7.13. The van der Waals surface area contributed by atoms with Crippen molar-refractivity contribution in [3.05, 3.63) is 54.4 Å². The summed E-state index contributed by atoms with van der Waals surface area (Å²) < 4.78 is 12.8. The Morgan fingerprint density at radius 2 is 1.77 bits per heavy atom. The van der Waals surface area contributed by atoms with Crippen LogP contribution in [0.15, 0.2) is 48.5 Å². The van der Waals surface area contributed by atoms with E-state index >= 15 is 0 Å². The molecule has 0 aliphatic heterocycles. The molecular weight excluding hydrogens is 280 g/mol. The number of rotatable bonds is 6. The highest BCUT2D eigenvalue weighted by molar-refractivity contribution is 5.75. The molecule has 3 aromatic rings. The topological polar surface area (TPSA) is 56.5 Å². The van der Waals surface area contributed by atoms with Gasteiger partial charge in [-0.1, -0.05) is 12.1 Å². The van der Waals surface area contributed by atoms with E-state index in [0.717, 1.165) is 22.5 Å². The maximum absolute atomic E-state index is 9.46. The second-order valence-corrected chi connectivity index (χ2v) is 4.85. The lowest BCUT2D eigenvalue weighted by atomic mass is 10.3. The van der Waals surface area contributed by atoms with E-state index < -0.39 is 0 Å². The van der Waals surface area contributed by atoms with Gasteiger partial charge >= 0.3 is 0 Å². The third-order valence-corrected chi connectivity index (χ3v) is 3.52. The summed E-state index contributed by atoms with van der Waals surface area (Å²) in [6.07, 6.45) is 0. The van der Waals surface area contributed by atoms with Crippen LogP contribution in [0.3, 0.4) is 0 Å². The molecule has 0 radical (unpaired) electrons. The minimum Gasteiger partial charge on any atom is -0.497 e. The second-order valence-electron chi connectivity index (χ2n) is 4.85. The van der Waals surface area contributed by atoms with Gasteiger partial charge in [-0.3, -0.25) is 0 Å². The predicted molar refractivity (Wildman–Crippen MR) is 84.1 cm³/mol. The van der Waals surface area contributed by atoms with Crippen LogP contribution in [0.1, 0.15) is 5.82 Å². The fourth-order valence-corrected chi connectivity index (χ4v) is 2.42. The van der Waals surface area contributed by atoms with Crippen molar-refractivity contribution in [1.29, 1.82) is 0 Å². The second kappa shape index (κ2) is 6.49. The molecule has 5 nitrogen and oxygen atoms in total. The molecular formula is C17H18N2O3. The Bertz CT molecular complexity index is 750. The fraction of sp³-hybridized carbons (Fsp3) is 0.235. The van der Waals surface area contributed by atoms with Crippen molar-refractivity contribution in [2.45, 2.75) is 13.2 Å². The third kappa shape index (κ3) is 2.89. The van der Waals surface area contributed by atoms with Gasteiger partial charge in [-0.25, -0.2) is 4.98 Å². The Labute approximate surface area is 128 Å². The van der Waals surface area contributed by atoms with Crippen LogP contribution < -0.4 is 9.47 Å². The van der Waals surface area contributed by atoms with E-state index in [1.807, 2.05) is 53.1 Å². The Balaban J connectivity index is 1.70. The molecule has 0 aliphatic carbocycles. The average molecular weight is 298 g/mol. The Hall–Kier alpha value is -2.53. The first-order valence-electron chi connectivity index (χ1n) is 7.13. The quantitative estimate of drug-likeness (QED) is 0.760. The van der Waals surface area contributed by atoms with Crippen LogP contribution >= 0.6 is 0 Å². The molecule has 0 bridgehead atoms. The monoisotopic (exact) mass is 298 g/mol. The van der Waals surface area contributed by atoms with E-state index in [1.54, 1.807) is 7.11 Å². The van der Waals surface area contributed by atoms with Crippen LogP contribution in [0.25, 0.3) is 11.0 Å². The molecule has 0 atom stereocenters. The van der Waals surface area contributed by atoms with Crippen LogP contribution in [0.5, 0.6) is 11.5 Å². The van der Waals surface area contributed by atoms with E-state index in [-0.39, 0.29) is 6.61 Å². The lowest BCUT2D eigenvalue weighted by molar-refractivity contribution is 0.255. The van der Waals surface area contributed by atoms with Crippen LogP contribution in [0.4, 0.5) is 0 Å². The minimum absolute atomic E-state index is 0.0861. The number of aromatic nitrogens is 2. The maximum atomic E-state index is 9.46. The van der Waals surface area contributed by atoms with Crippen molar-refractivity contribution in [1.82, 2.24) is 9.55 Å². The molecule has 3 rings (SSSR count). The summed E-state index contributed by atoms with van der Waals surface area (Å²) in [5, 5.41) is 9.46. The summed E-state index contributed by atoms with van der Waals surface area (Å²) in [6.45, 7) is 1.04. The number of fused-ring (bicyclic) bond motifs is 1. The van der Waals surface area contributed by atoms with E-state index in [2.05, 4.69) is 4.98 Å². The van der Waals surface area contributed by atoms with Crippen LogP contribution in [-0.2, 0) is 13.2 Å². The number of para-hydroxylation sites is 2. The molecule has 5 heteroatoms. The largest absolute Gasteiger partial charge is 0.497 e. The summed E-state index contributed by atoms with van der Waals surface area (Å²) in [6, 6.07) is 15.3. The molecule has 0 unspecified atom stereocenters. The van der Waals surface area contributed by atoms with Gasteiger partial charge in [0.2, 0.25) is 0 Å². The Morgan fingerprint density at radius 3 is 2.50 bits per heavy atom. The molecule has 1 N–H and O–H groups in total. The number of aliphatic hydroxyl groups is 1. The molecule has 1 heterocycles. The summed E-state index contributed by atoms with van der Waals surface area (Å²) in [4.78, 5) is 4.42. The molecule has 0 aliphatic rings. The standard InChI is InChI=1S/C17H18N2O3/c1-21-13-6-8-14(9-7-13)22-11-10-19-16-5-3-2-4-15(16)18-17(19)12-20/h2-9,20H,10-12H2,1H3. The van der Waals surface area contributed by atoms with Crippen LogP contribution in [-0.4, -0.2) is 28.4 Å². The van der Waals surface area contributed by atoms with E-state index in [1.165, 1.54) is 0 Å². The summed E-state index contributed by atoms with van der Waals surface area (Å²) in [5.41, 5.74) is 1.89. The lowest BCUT2D eigenvalue weighted by Crippen LogP contribution is -2.11. The zero-order valence-electron chi connectivity index (χ0n) is 12.4. The van der Waals surface area contributed by atoms with Gasteiger partial charge in [0.15, 0.2) is 0 Å². The van der Waals surface area contributed by atoms with Gasteiger partial charge in [-0.2, -0.15) is 0 Å². The summed E-state index contributed by atoms with van der Waals surface area (Å²) in [5.74, 6) is 2.24. The van der Waals surface area contributed by atoms with Crippen molar-refractivity contribution < 1.29 is 14.6 Å². The zero-order chi connectivity index (χ0) is 15.4. The molecule has 0 saturated carbocycles. The fourth-order valence-electron chi connectivity index (χ4n) is 2.42. The number of imidazole rings is 1. The van der Waals surface area contributed by atoms with Gasteiger partial charge in [-0.15, -0.1) is 0 Å². The predicted octanol–water partition coefficient (Wildman–Crippen LogP) is 2.62. The van der Waals surface area contributed by atoms with Crippen molar-refractivity contribution in [2.24, 2.45) is 0 Å². The van der Waals surface area contributed by atoms with Crippen LogP contribution in [0.2, 0.25) is 0 Å². The first kappa shape index (κ1) is 14.4. The van der Waals surface area contributed by atoms with Gasteiger partial charge in [0.1, 0.15) is 30.5 Å². The molecule has 0 fully saturated rings. The molecule has 0 saturated heterocycles. The molecule has 1 aromatic heterocycles. The maximum Gasteiger partial charge on any atom is 0.135 e. The SMILES string of the molecule is COc1ccc(OCCn2c(CO)nc3ccccc32)cc1. The molecule has 22 heavy (non-hydrogen) atoms. The average Bonchev–Trinajstić information content (AvgIpc) is 2.93. The van der Waals surface area contributed by atoms with Gasteiger partial charge in [0, 0.05) is 0 Å². The summed E-state index contributed by atoms with van der Waals surface area (Å²) >= 11 is 0. The van der Waals surface area contributed by atoms with Gasteiger partial charge in [0.25, 0.3) is 0 Å². The number of nitrogens with zero attached hydrogens (tertiary/aromatic N) is 2. The van der Waals surface area contributed by atoms with Gasteiger partial charge < -0.3 is 19.1 Å². The minimum atomic E-state index is -0.0861. The number of hydrogen-bond acceptors (Lipinski definition) is 4. The van der Waals surface area contributed by atoms with E-state index in [0.29, 0.717) is 19.0 Å². The normalized spacial score (nSPS) is 10.8. The number of ether oxygens (including phenoxy) is 2.